The number of fused-ring (bicyclic) bond motifs is 1. The van der Waals surface area contributed by atoms with E-state index < -0.39 is 0 Å². The van der Waals surface area contributed by atoms with Gasteiger partial charge in [0, 0.05) is 26.3 Å². The summed E-state index contributed by atoms with van der Waals surface area (Å²) in [4.78, 5) is 10.7. The van der Waals surface area contributed by atoms with Crippen molar-refractivity contribution in [1.82, 2.24) is 35.1 Å². The first-order chi connectivity index (χ1) is 8.75. The Labute approximate surface area is 105 Å². The Hall–Kier alpha value is -1.89. The minimum absolute atomic E-state index is 0.188. The van der Waals surface area contributed by atoms with E-state index in [2.05, 4.69) is 37.3 Å². The second kappa shape index (κ2) is 4.41. The molecule has 1 aliphatic rings. The molecule has 94 valence electrons. The second-order valence-electron chi connectivity index (χ2n) is 4.55. The molecular weight excluding hydrogens is 230 g/mol. The molecule has 1 aliphatic heterocycles. The SMILES string of the molecule is C[C@@H](c1nnnn1C)N1CCc2cncnc2C1. The van der Waals surface area contributed by atoms with E-state index in [0.717, 1.165) is 31.0 Å². The molecule has 18 heavy (non-hydrogen) atoms. The van der Waals surface area contributed by atoms with E-state index >= 15 is 0 Å². The maximum absolute atomic E-state index is 4.34. The Morgan fingerprint density at radius 1 is 1.39 bits per heavy atom. The van der Waals surface area contributed by atoms with Gasteiger partial charge in [-0.15, -0.1) is 5.10 Å². The van der Waals surface area contributed by atoms with Gasteiger partial charge in [-0.25, -0.2) is 14.6 Å². The average Bonchev–Trinajstić information content (AvgIpc) is 2.83. The zero-order valence-corrected chi connectivity index (χ0v) is 10.5. The minimum Gasteiger partial charge on any atom is -0.287 e. The summed E-state index contributed by atoms with van der Waals surface area (Å²) in [5.41, 5.74) is 2.36. The first-order valence-corrected chi connectivity index (χ1v) is 6.00. The second-order valence-corrected chi connectivity index (χ2v) is 4.55. The number of nitrogens with zero attached hydrogens (tertiary/aromatic N) is 7. The van der Waals surface area contributed by atoms with Gasteiger partial charge in [0.25, 0.3) is 0 Å². The molecule has 0 fully saturated rings. The lowest BCUT2D eigenvalue weighted by molar-refractivity contribution is 0.178. The smallest absolute Gasteiger partial charge is 0.167 e. The quantitative estimate of drug-likeness (QED) is 0.748. The van der Waals surface area contributed by atoms with Gasteiger partial charge in [-0.2, -0.15) is 0 Å². The van der Waals surface area contributed by atoms with Crippen LogP contribution in [0.3, 0.4) is 0 Å². The molecule has 7 nitrogen and oxygen atoms in total. The van der Waals surface area contributed by atoms with Gasteiger partial charge in [0.1, 0.15) is 6.33 Å². The molecule has 3 rings (SSSR count). The third-order valence-electron chi connectivity index (χ3n) is 3.48. The van der Waals surface area contributed by atoms with Gasteiger partial charge in [-0.1, -0.05) is 0 Å². The van der Waals surface area contributed by atoms with Gasteiger partial charge in [-0.3, -0.25) is 4.90 Å². The Morgan fingerprint density at radius 3 is 3.06 bits per heavy atom. The van der Waals surface area contributed by atoms with Gasteiger partial charge in [0.05, 0.1) is 11.7 Å². The van der Waals surface area contributed by atoms with Crippen molar-refractivity contribution >= 4 is 0 Å². The number of aromatic nitrogens is 6. The van der Waals surface area contributed by atoms with E-state index in [-0.39, 0.29) is 6.04 Å². The standard InChI is InChI=1S/C11H15N7/c1-8(11-14-15-16-17(11)2)18-4-3-9-5-12-7-13-10(9)6-18/h5,7-8H,3-4,6H2,1-2H3/t8-/m0/s1. The largest absolute Gasteiger partial charge is 0.287 e. The van der Waals surface area contributed by atoms with Crippen molar-refractivity contribution in [2.45, 2.75) is 25.9 Å². The van der Waals surface area contributed by atoms with E-state index in [1.54, 1.807) is 11.0 Å². The van der Waals surface area contributed by atoms with Crippen molar-refractivity contribution in [1.29, 1.82) is 0 Å². The lowest BCUT2D eigenvalue weighted by atomic mass is 10.1. The summed E-state index contributed by atoms with van der Waals surface area (Å²) in [5, 5.41) is 11.6. The molecule has 0 N–H and O–H groups in total. The predicted octanol–water partition coefficient (Wildman–Crippen LogP) is 0.119. The van der Waals surface area contributed by atoms with E-state index in [0.29, 0.717) is 0 Å². The fraction of sp³-hybridized carbons (Fsp3) is 0.545. The van der Waals surface area contributed by atoms with Gasteiger partial charge >= 0.3 is 0 Å². The van der Waals surface area contributed by atoms with Gasteiger partial charge < -0.3 is 0 Å². The van der Waals surface area contributed by atoms with E-state index in [1.165, 1.54) is 5.56 Å². The third-order valence-corrected chi connectivity index (χ3v) is 3.48. The van der Waals surface area contributed by atoms with E-state index in [9.17, 15) is 0 Å². The zero-order valence-electron chi connectivity index (χ0n) is 10.5. The number of rotatable bonds is 2. The zero-order chi connectivity index (χ0) is 12.5. The third kappa shape index (κ3) is 1.86. The van der Waals surface area contributed by atoms with Crippen LogP contribution >= 0.6 is 0 Å². The lowest BCUT2D eigenvalue weighted by Crippen LogP contribution is -2.34. The summed E-state index contributed by atoms with van der Waals surface area (Å²) in [6.07, 6.45) is 4.50. The van der Waals surface area contributed by atoms with Crippen LogP contribution in [0.5, 0.6) is 0 Å². The molecule has 2 aromatic heterocycles. The molecule has 0 saturated heterocycles. The number of tetrazole rings is 1. The molecule has 0 bridgehead atoms. The molecule has 0 radical (unpaired) electrons. The summed E-state index contributed by atoms with van der Waals surface area (Å²) in [5.74, 6) is 0.882. The van der Waals surface area contributed by atoms with Crippen LogP contribution in [0.4, 0.5) is 0 Å². The van der Waals surface area contributed by atoms with E-state index in [1.807, 2.05) is 13.2 Å². The Kier molecular flexibility index (Phi) is 2.75. The minimum atomic E-state index is 0.188. The molecule has 0 amide bonds. The topological polar surface area (TPSA) is 72.6 Å². The summed E-state index contributed by atoms with van der Waals surface area (Å²) in [6.45, 7) is 3.93. The first-order valence-electron chi connectivity index (χ1n) is 6.00. The number of hydrogen-bond donors (Lipinski definition) is 0. The van der Waals surface area contributed by atoms with Crippen LogP contribution in [0.2, 0.25) is 0 Å². The Morgan fingerprint density at radius 2 is 2.28 bits per heavy atom. The highest BCUT2D eigenvalue weighted by atomic mass is 15.5. The fourth-order valence-corrected chi connectivity index (χ4v) is 2.35. The summed E-state index contributed by atoms with van der Waals surface area (Å²) in [6, 6.07) is 0.188. The average molecular weight is 245 g/mol. The highest BCUT2D eigenvalue weighted by Gasteiger charge is 2.25. The van der Waals surface area contributed by atoms with Crippen molar-refractivity contribution in [2.75, 3.05) is 6.54 Å². The molecule has 7 heteroatoms. The normalized spacial score (nSPS) is 17.4. The highest BCUT2D eigenvalue weighted by molar-refractivity contribution is 5.19. The van der Waals surface area contributed by atoms with Crippen molar-refractivity contribution in [3.63, 3.8) is 0 Å². The van der Waals surface area contributed by atoms with Crippen LogP contribution in [-0.4, -0.2) is 41.6 Å². The molecule has 1 atom stereocenters. The molecular formula is C11H15N7. The van der Waals surface area contributed by atoms with Gasteiger partial charge in [-0.05, 0) is 29.3 Å². The lowest BCUT2D eigenvalue weighted by Gasteiger charge is -2.31. The molecule has 0 saturated carbocycles. The molecule has 2 aromatic rings. The van der Waals surface area contributed by atoms with Crippen molar-refractivity contribution in [2.24, 2.45) is 7.05 Å². The maximum atomic E-state index is 4.34. The van der Waals surface area contributed by atoms with Crippen molar-refractivity contribution in [3.05, 3.63) is 29.6 Å². The molecule has 0 aliphatic carbocycles. The summed E-state index contributed by atoms with van der Waals surface area (Å²) >= 11 is 0. The van der Waals surface area contributed by atoms with Crippen LogP contribution in [0.1, 0.15) is 30.0 Å². The van der Waals surface area contributed by atoms with E-state index in [4.69, 9.17) is 0 Å². The first kappa shape index (κ1) is 11.2. The van der Waals surface area contributed by atoms with Gasteiger partial charge in [0.2, 0.25) is 0 Å². The summed E-state index contributed by atoms with van der Waals surface area (Å²) in [7, 11) is 1.87. The monoisotopic (exact) mass is 245 g/mol. The predicted molar refractivity (Wildman–Crippen MR) is 63.4 cm³/mol. The maximum Gasteiger partial charge on any atom is 0.167 e. The summed E-state index contributed by atoms with van der Waals surface area (Å²) < 4.78 is 1.72. The molecule has 3 heterocycles. The number of hydrogen-bond acceptors (Lipinski definition) is 6. The van der Waals surface area contributed by atoms with Crippen LogP contribution in [0.15, 0.2) is 12.5 Å². The Balaban J connectivity index is 1.82. The van der Waals surface area contributed by atoms with Gasteiger partial charge in [0.15, 0.2) is 5.82 Å². The highest BCUT2D eigenvalue weighted by Crippen LogP contribution is 2.24. The van der Waals surface area contributed by atoms with Crippen LogP contribution in [0.25, 0.3) is 0 Å². The van der Waals surface area contributed by atoms with Crippen molar-refractivity contribution < 1.29 is 0 Å². The fourth-order valence-electron chi connectivity index (χ4n) is 2.35. The molecule has 0 aromatic carbocycles. The van der Waals surface area contributed by atoms with Crippen molar-refractivity contribution in [3.8, 4) is 0 Å². The Bertz CT molecular complexity index is 550. The molecule has 0 unspecified atom stereocenters. The number of aryl methyl sites for hydroxylation is 1. The van der Waals surface area contributed by atoms with Crippen LogP contribution in [0, 0.1) is 0 Å². The molecule has 0 spiro atoms. The van der Waals surface area contributed by atoms with Crippen LogP contribution < -0.4 is 0 Å². The van der Waals surface area contributed by atoms with Crippen LogP contribution in [-0.2, 0) is 20.0 Å².